The molecule has 0 aromatic heterocycles. The normalized spacial score (nSPS) is 5.77. The van der Waals surface area contributed by atoms with Gasteiger partial charge in [-0.05, 0) is 0 Å². The number of rotatable bonds is 3. The van der Waals surface area contributed by atoms with Crippen LogP contribution in [0, 0.1) is 0 Å². The summed E-state index contributed by atoms with van der Waals surface area (Å²) in [6.07, 6.45) is 4.62. The van der Waals surface area contributed by atoms with E-state index in [2.05, 4.69) is 19.7 Å². The van der Waals surface area contributed by atoms with E-state index < -0.39 is 0 Å². The smallest absolute Gasteiger partial charge is 0.674 e. The van der Waals surface area contributed by atoms with Crippen molar-refractivity contribution in [1.82, 2.24) is 0 Å². The standard InChI is InChI=1S/3C3H6N.Al/c3*1-2-3-4;/h3*2,4H,1,3H2;/q3*-1;+3. The van der Waals surface area contributed by atoms with Crippen molar-refractivity contribution >= 4 is 17.4 Å². The monoisotopic (exact) mass is 195 g/mol. The Balaban J connectivity index is -0.0000000450. The molecule has 0 aromatic rings. The van der Waals surface area contributed by atoms with Crippen LogP contribution in [0.5, 0.6) is 0 Å². The van der Waals surface area contributed by atoms with Crippen molar-refractivity contribution in [3.8, 4) is 0 Å². The fraction of sp³-hybridized carbons (Fsp3) is 0.333. The van der Waals surface area contributed by atoms with Crippen LogP contribution in [0.4, 0.5) is 0 Å². The molecule has 0 fully saturated rings. The summed E-state index contributed by atoms with van der Waals surface area (Å²) in [7, 11) is 0. The Bertz CT molecular complexity index is 75.8. The van der Waals surface area contributed by atoms with Gasteiger partial charge in [0.05, 0.1) is 0 Å². The molecule has 0 saturated carbocycles. The maximum atomic E-state index is 6.33. The van der Waals surface area contributed by atoms with Crippen LogP contribution in [0.1, 0.15) is 0 Å². The quantitative estimate of drug-likeness (QED) is 0.489. The van der Waals surface area contributed by atoms with Gasteiger partial charge in [0.2, 0.25) is 0 Å². The van der Waals surface area contributed by atoms with Crippen LogP contribution in [-0.2, 0) is 0 Å². The average Bonchev–Trinajstić information content (AvgIpc) is 2.18. The molecule has 0 atom stereocenters. The first-order valence-electron chi connectivity index (χ1n) is 3.51. The van der Waals surface area contributed by atoms with Gasteiger partial charge in [0.25, 0.3) is 0 Å². The second-order valence-electron chi connectivity index (χ2n) is 1.48. The maximum Gasteiger partial charge on any atom is 3.00 e. The van der Waals surface area contributed by atoms with Gasteiger partial charge in [0, 0.05) is 0 Å². The van der Waals surface area contributed by atoms with Crippen LogP contribution in [0.15, 0.2) is 38.0 Å². The Morgan fingerprint density at radius 1 is 0.692 bits per heavy atom. The van der Waals surface area contributed by atoms with Crippen molar-refractivity contribution in [2.24, 2.45) is 0 Å². The molecule has 4 heteroatoms. The Labute approximate surface area is 92.5 Å². The SMILES string of the molecule is C=CC[NH-].C=CC[NH-].C=CC[NH-].[Al+3]. The van der Waals surface area contributed by atoms with Gasteiger partial charge in [-0.1, -0.05) is 0 Å². The van der Waals surface area contributed by atoms with E-state index in [9.17, 15) is 0 Å². The van der Waals surface area contributed by atoms with Gasteiger partial charge < -0.3 is 17.2 Å². The Hall–Kier alpha value is -0.368. The van der Waals surface area contributed by atoms with Crippen LogP contribution in [0.3, 0.4) is 0 Å². The predicted molar refractivity (Wildman–Crippen MR) is 63.9 cm³/mol. The maximum absolute atomic E-state index is 6.33. The van der Waals surface area contributed by atoms with Crippen LogP contribution < -0.4 is 0 Å². The van der Waals surface area contributed by atoms with Gasteiger partial charge in [0.1, 0.15) is 0 Å². The summed E-state index contributed by atoms with van der Waals surface area (Å²) in [4.78, 5) is 0. The van der Waals surface area contributed by atoms with E-state index in [1.54, 1.807) is 18.2 Å². The molecular formula is C9H18AlN3. The first-order valence-corrected chi connectivity index (χ1v) is 3.51. The van der Waals surface area contributed by atoms with Crippen LogP contribution in [-0.4, -0.2) is 37.0 Å². The zero-order valence-corrected chi connectivity index (χ0v) is 9.21. The summed E-state index contributed by atoms with van der Waals surface area (Å²) < 4.78 is 0. The fourth-order valence-corrected chi connectivity index (χ4v) is 0. The van der Waals surface area contributed by atoms with E-state index in [4.69, 9.17) is 17.2 Å². The Kier molecular flexibility index (Phi) is 73.1. The minimum atomic E-state index is 0. The molecule has 0 aliphatic rings. The summed E-state index contributed by atoms with van der Waals surface area (Å²) in [6.45, 7) is 10.9. The third kappa shape index (κ3) is 156. The molecule has 3 nitrogen and oxygen atoms in total. The molecule has 0 unspecified atom stereocenters. The summed E-state index contributed by atoms with van der Waals surface area (Å²) in [5.41, 5.74) is 19.0. The van der Waals surface area contributed by atoms with E-state index in [1.165, 1.54) is 0 Å². The third-order valence-corrected chi connectivity index (χ3v) is 0.433. The fourth-order valence-electron chi connectivity index (χ4n) is 0. The summed E-state index contributed by atoms with van der Waals surface area (Å²) >= 11 is 0. The molecule has 0 heterocycles. The second-order valence-corrected chi connectivity index (χ2v) is 1.48. The zero-order chi connectivity index (χ0) is 10.2. The molecule has 0 aromatic carbocycles. The molecule has 0 aliphatic heterocycles. The van der Waals surface area contributed by atoms with Crippen LogP contribution in [0.25, 0.3) is 17.2 Å². The summed E-state index contributed by atoms with van der Waals surface area (Å²) in [6, 6.07) is 0. The van der Waals surface area contributed by atoms with Gasteiger partial charge in [-0.25, -0.2) is 0 Å². The van der Waals surface area contributed by atoms with Crippen molar-refractivity contribution in [2.75, 3.05) is 19.6 Å². The molecule has 0 aliphatic carbocycles. The minimum Gasteiger partial charge on any atom is -0.674 e. The van der Waals surface area contributed by atoms with Gasteiger partial charge in [0.15, 0.2) is 0 Å². The largest absolute Gasteiger partial charge is 3.00 e. The van der Waals surface area contributed by atoms with Crippen molar-refractivity contribution in [3.63, 3.8) is 0 Å². The van der Waals surface area contributed by atoms with Crippen molar-refractivity contribution in [3.05, 3.63) is 55.2 Å². The van der Waals surface area contributed by atoms with Gasteiger partial charge in [-0.2, -0.15) is 0 Å². The van der Waals surface area contributed by atoms with E-state index in [1.807, 2.05) is 0 Å². The topological polar surface area (TPSA) is 71.4 Å². The molecule has 0 amide bonds. The zero-order valence-electron chi connectivity index (χ0n) is 8.05. The van der Waals surface area contributed by atoms with Gasteiger partial charge in [-0.3, -0.25) is 0 Å². The van der Waals surface area contributed by atoms with Gasteiger partial charge in [-0.15, -0.1) is 57.6 Å². The molecule has 0 radical (unpaired) electrons. The molecule has 0 bridgehead atoms. The van der Waals surface area contributed by atoms with E-state index >= 15 is 0 Å². The Morgan fingerprint density at radius 2 is 0.769 bits per heavy atom. The van der Waals surface area contributed by atoms with E-state index in [-0.39, 0.29) is 17.4 Å². The molecule has 0 spiro atoms. The van der Waals surface area contributed by atoms with Crippen LogP contribution >= 0.6 is 0 Å². The molecule has 72 valence electrons. The second kappa shape index (κ2) is 41.5. The van der Waals surface area contributed by atoms with Gasteiger partial charge >= 0.3 is 17.4 Å². The minimum absolute atomic E-state index is 0. The first kappa shape index (κ1) is 22.9. The number of hydrogen-bond acceptors (Lipinski definition) is 0. The molecule has 0 rings (SSSR count). The van der Waals surface area contributed by atoms with Crippen LogP contribution in [0.2, 0.25) is 0 Å². The molecular weight excluding hydrogens is 177 g/mol. The predicted octanol–water partition coefficient (Wildman–Crippen LogP) is 3.29. The molecule has 0 saturated heterocycles. The van der Waals surface area contributed by atoms with E-state index in [0.717, 1.165) is 0 Å². The summed E-state index contributed by atoms with van der Waals surface area (Å²) in [5, 5.41) is 0. The van der Waals surface area contributed by atoms with Crippen molar-refractivity contribution in [1.29, 1.82) is 0 Å². The summed E-state index contributed by atoms with van der Waals surface area (Å²) in [5.74, 6) is 0. The number of nitrogens with one attached hydrogen (secondary N) is 3. The average molecular weight is 195 g/mol. The Morgan fingerprint density at radius 3 is 0.769 bits per heavy atom. The molecule has 3 N–H and O–H groups in total. The molecule has 13 heavy (non-hydrogen) atoms. The number of hydrogen-bond donors (Lipinski definition) is 0. The van der Waals surface area contributed by atoms with Crippen molar-refractivity contribution in [2.45, 2.75) is 0 Å². The first-order chi connectivity index (χ1) is 5.74. The van der Waals surface area contributed by atoms with Crippen molar-refractivity contribution < 1.29 is 0 Å². The van der Waals surface area contributed by atoms with E-state index in [0.29, 0.717) is 19.6 Å². The third-order valence-electron chi connectivity index (χ3n) is 0.433.